The van der Waals surface area contributed by atoms with Gasteiger partial charge in [0.25, 0.3) is 0 Å². The van der Waals surface area contributed by atoms with Crippen LogP contribution in [-0.2, 0) is 16.1 Å². The van der Waals surface area contributed by atoms with Gasteiger partial charge in [-0.15, -0.1) is 0 Å². The average molecular weight is 297 g/mol. The van der Waals surface area contributed by atoms with E-state index in [9.17, 15) is 13.6 Å². The molecule has 1 fully saturated rings. The van der Waals surface area contributed by atoms with Gasteiger partial charge in [-0.3, -0.25) is 4.79 Å². The fourth-order valence-corrected chi connectivity index (χ4v) is 2.29. The maximum Gasteiger partial charge on any atom is 0.311 e. The fourth-order valence-electron chi connectivity index (χ4n) is 2.29. The van der Waals surface area contributed by atoms with Gasteiger partial charge in [0, 0.05) is 17.2 Å². The van der Waals surface area contributed by atoms with E-state index in [1.54, 1.807) is 26.8 Å². The summed E-state index contributed by atoms with van der Waals surface area (Å²) in [5.74, 6) is -2.22. The van der Waals surface area contributed by atoms with E-state index in [1.165, 1.54) is 6.07 Å². The SMILES string of the molecule is CC(C)(C)C(=O)OCc1ccc(C2CCCN2)c(F)c1F. The van der Waals surface area contributed by atoms with E-state index in [0.717, 1.165) is 19.4 Å². The van der Waals surface area contributed by atoms with Crippen molar-refractivity contribution in [2.45, 2.75) is 46.3 Å². The van der Waals surface area contributed by atoms with Gasteiger partial charge in [-0.05, 0) is 40.2 Å². The Labute approximate surface area is 123 Å². The molecule has 1 unspecified atom stereocenters. The predicted octanol–water partition coefficient (Wildman–Crippen LogP) is 3.48. The highest BCUT2D eigenvalue weighted by Crippen LogP contribution is 2.28. The van der Waals surface area contributed by atoms with Crippen LogP contribution in [-0.4, -0.2) is 12.5 Å². The Bertz CT molecular complexity index is 532. The molecule has 0 aliphatic carbocycles. The average Bonchev–Trinajstić information content (AvgIpc) is 2.92. The summed E-state index contributed by atoms with van der Waals surface area (Å²) in [6.07, 6.45) is 1.76. The van der Waals surface area contributed by atoms with Gasteiger partial charge in [-0.2, -0.15) is 0 Å². The molecule has 3 nitrogen and oxygen atoms in total. The summed E-state index contributed by atoms with van der Waals surface area (Å²) in [5, 5.41) is 3.14. The number of hydrogen-bond acceptors (Lipinski definition) is 3. The van der Waals surface area contributed by atoms with Crippen LogP contribution in [0, 0.1) is 17.0 Å². The van der Waals surface area contributed by atoms with Crippen molar-refractivity contribution in [1.29, 1.82) is 0 Å². The zero-order valence-electron chi connectivity index (χ0n) is 12.6. The molecule has 116 valence electrons. The van der Waals surface area contributed by atoms with Crippen molar-refractivity contribution in [2.24, 2.45) is 5.41 Å². The molecular weight excluding hydrogens is 276 g/mol. The third-order valence-corrected chi connectivity index (χ3v) is 3.60. The Hall–Kier alpha value is -1.49. The number of benzene rings is 1. The molecule has 1 saturated heterocycles. The van der Waals surface area contributed by atoms with Crippen LogP contribution in [0.25, 0.3) is 0 Å². The molecule has 1 aliphatic rings. The van der Waals surface area contributed by atoms with E-state index in [1.807, 2.05) is 0 Å². The molecular formula is C16H21F2NO2. The van der Waals surface area contributed by atoms with Gasteiger partial charge in [-0.1, -0.05) is 12.1 Å². The van der Waals surface area contributed by atoms with E-state index in [2.05, 4.69) is 5.32 Å². The molecule has 1 N–H and O–H groups in total. The predicted molar refractivity (Wildman–Crippen MR) is 75.6 cm³/mol. The number of ether oxygens (including phenoxy) is 1. The lowest BCUT2D eigenvalue weighted by molar-refractivity contribution is -0.154. The van der Waals surface area contributed by atoms with Crippen molar-refractivity contribution >= 4 is 5.97 Å². The maximum atomic E-state index is 14.1. The van der Waals surface area contributed by atoms with E-state index >= 15 is 0 Å². The normalized spacial score (nSPS) is 18.8. The van der Waals surface area contributed by atoms with E-state index in [0.29, 0.717) is 5.56 Å². The van der Waals surface area contributed by atoms with Gasteiger partial charge in [0.1, 0.15) is 6.61 Å². The summed E-state index contributed by atoms with van der Waals surface area (Å²) >= 11 is 0. The smallest absolute Gasteiger partial charge is 0.311 e. The molecule has 5 heteroatoms. The first kappa shape index (κ1) is 15.9. The van der Waals surface area contributed by atoms with E-state index in [4.69, 9.17) is 4.74 Å². The third kappa shape index (κ3) is 3.59. The second-order valence-corrected chi connectivity index (χ2v) is 6.42. The van der Waals surface area contributed by atoms with Crippen molar-refractivity contribution in [3.8, 4) is 0 Å². The monoisotopic (exact) mass is 297 g/mol. The Kier molecular flexibility index (Phi) is 4.61. The largest absolute Gasteiger partial charge is 0.460 e. The zero-order chi connectivity index (χ0) is 15.6. The molecule has 0 aromatic heterocycles. The molecule has 1 aromatic carbocycles. The molecule has 0 bridgehead atoms. The van der Waals surface area contributed by atoms with Crippen LogP contribution in [0.2, 0.25) is 0 Å². The van der Waals surface area contributed by atoms with Gasteiger partial charge >= 0.3 is 5.97 Å². The van der Waals surface area contributed by atoms with Crippen molar-refractivity contribution in [1.82, 2.24) is 5.32 Å². The van der Waals surface area contributed by atoms with Crippen LogP contribution in [0.3, 0.4) is 0 Å². The standard InChI is InChI=1S/C16H21F2NO2/c1-16(2,3)15(20)21-9-10-6-7-11(14(18)13(10)17)12-5-4-8-19-12/h6-7,12,19H,4-5,8-9H2,1-3H3. The van der Waals surface area contributed by atoms with Crippen molar-refractivity contribution in [3.63, 3.8) is 0 Å². The first-order chi connectivity index (χ1) is 9.80. The molecule has 1 aliphatic heterocycles. The molecule has 0 radical (unpaired) electrons. The Balaban J connectivity index is 2.11. The van der Waals surface area contributed by atoms with Crippen molar-refractivity contribution < 1.29 is 18.3 Å². The van der Waals surface area contributed by atoms with E-state index in [-0.39, 0.29) is 18.2 Å². The van der Waals surface area contributed by atoms with Gasteiger partial charge in [0.2, 0.25) is 0 Å². The number of halogens is 2. The summed E-state index contributed by atoms with van der Waals surface area (Å²) in [4.78, 5) is 11.7. The molecule has 0 saturated carbocycles. The van der Waals surface area contributed by atoms with E-state index < -0.39 is 23.0 Å². The minimum Gasteiger partial charge on any atom is -0.460 e. The van der Waals surface area contributed by atoms with Crippen molar-refractivity contribution in [3.05, 3.63) is 34.9 Å². The molecule has 1 atom stereocenters. The number of esters is 1. The minimum atomic E-state index is -0.928. The summed E-state index contributed by atoms with van der Waals surface area (Å²) in [6.45, 7) is 5.69. The van der Waals surface area contributed by atoms with Gasteiger partial charge in [0.05, 0.1) is 5.41 Å². The quantitative estimate of drug-likeness (QED) is 0.868. The first-order valence-corrected chi connectivity index (χ1v) is 7.18. The Morgan fingerprint density at radius 1 is 1.33 bits per heavy atom. The molecule has 0 spiro atoms. The van der Waals surface area contributed by atoms with Crippen LogP contribution in [0.1, 0.15) is 50.8 Å². The first-order valence-electron chi connectivity index (χ1n) is 7.18. The van der Waals surface area contributed by atoms with Crippen molar-refractivity contribution in [2.75, 3.05) is 6.54 Å². The Morgan fingerprint density at radius 2 is 2.05 bits per heavy atom. The van der Waals surface area contributed by atoms with Crippen LogP contribution < -0.4 is 5.32 Å². The molecule has 1 aromatic rings. The maximum absolute atomic E-state index is 14.1. The molecule has 0 amide bonds. The summed E-state index contributed by atoms with van der Waals surface area (Å²) in [5.41, 5.74) is -0.259. The molecule has 1 heterocycles. The molecule has 2 rings (SSSR count). The van der Waals surface area contributed by atoms with Crippen LogP contribution >= 0.6 is 0 Å². The highest BCUT2D eigenvalue weighted by atomic mass is 19.2. The number of nitrogens with one attached hydrogen (secondary N) is 1. The van der Waals surface area contributed by atoms with Gasteiger partial charge in [0.15, 0.2) is 11.6 Å². The molecule has 21 heavy (non-hydrogen) atoms. The van der Waals surface area contributed by atoms with Crippen LogP contribution in [0.15, 0.2) is 12.1 Å². The number of carbonyl (C=O) groups is 1. The summed E-state index contributed by atoms with van der Waals surface area (Å²) < 4.78 is 33.2. The number of hydrogen-bond donors (Lipinski definition) is 1. The fraction of sp³-hybridized carbons (Fsp3) is 0.562. The van der Waals surface area contributed by atoms with Gasteiger partial charge in [-0.25, -0.2) is 8.78 Å². The lowest BCUT2D eigenvalue weighted by Gasteiger charge is -2.18. The summed E-state index contributed by atoms with van der Waals surface area (Å²) in [7, 11) is 0. The second-order valence-electron chi connectivity index (χ2n) is 6.42. The van der Waals surface area contributed by atoms with Gasteiger partial charge < -0.3 is 10.1 Å². The lowest BCUT2D eigenvalue weighted by Crippen LogP contribution is -2.23. The minimum absolute atomic E-state index is 0.0619. The third-order valence-electron chi connectivity index (χ3n) is 3.60. The summed E-state index contributed by atoms with van der Waals surface area (Å²) in [6, 6.07) is 2.93. The van der Waals surface area contributed by atoms with Crippen LogP contribution in [0.4, 0.5) is 8.78 Å². The topological polar surface area (TPSA) is 38.3 Å². The lowest BCUT2D eigenvalue weighted by atomic mass is 9.97. The second kappa shape index (κ2) is 6.10. The highest BCUT2D eigenvalue weighted by Gasteiger charge is 2.25. The zero-order valence-corrected chi connectivity index (χ0v) is 12.6. The number of rotatable bonds is 3. The number of carbonyl (C=O) groups excluding carboxylic acids is 1. The Morgan fingerprint density at radius 3 is 2.62 bits per heavy atom. The van der Waals surface area contributed by atoms with Crippen LogP contribution in [0.5, 0.6) is 0 Å². The highest BCUT2D eigenvalue weighted by molar-refractivity contribution is 5.75.